The topological polar surface area (TPSA) is 182 Å². The number of aromatic nitrogens is 12. The van der Waals surface area contributed by atoms with E-state index in [1.165, 1.54) is 25.2 Å². The monoisotopic (exact) mass is 539 g/mol. The molecule has 6 aromatic rings. The molecule has 1 saturated heterocycles. The molecule has 1 aliphatic rings. The molecular formula is C20H18BCl2N12O2. The molecule has 37 heavy (non-hydrogen) atoms. The summed E-state index contributed by atoms with van der Waals surface area (Å²) in [6, 6.07) is 0. The van der Waals surface area contributed by atoms with Crippen molar-refractivity contribution >= 4 is 64.7 Å². The van der Waals surface area contributed by atoms with E-state index in [1.54, 1.807) is 17.1 Å². The van der Waals surface area contributed by atoms with E-state index in [4.69, 9.17) is 27.9 Å². The Bertz CT molecular complexity index is 1660. The number of aromatic amines is 3. The number of nitrogens with zero attached hydrogens (tertiary/aromatic N) is 9. The molecule has 3 N–H and O–H groups in total. The van der Waals surface area contributed by atoms with Gasteiger partial charge in [-0.1, -0.05) is 23.2 Å². The number of hydrogen-bond acceptors (Lipinski definition) is 10. The Kier molecular flexibility index (Phi) is 8.37. The van der Waals surface area contributed by atoms with E-state index in [1.807, 2.05) is 0 Å². The van der Waals surface area contributed by atoms with E-state index in [0.29, 0.717) is 27.0 Å². The van der Waals surface area contributed by atoms with Crippen LogP contribution in [-0.4, -0.2) is 75.1 Å². The van der Waals surface area contributed by atoms with Crippen molar-refractivity contribution < 1.29 is 4.74 Å². The quantitative estimate of drug-likeness (QED) is 0.207. The summed E-state index contributed by atoms with van der Waals surface area (Å²) >= 11 is 11.7. The van der Waals surface area contributed by atoms with Gasteiger partial charge in [-0.3, -0.25) is 15.0 Å². The second-order valence-electron chi connectivity index (χ2n) is 7.47. The number of nitrogens with one attached hydrogen (secondary N) is 3. The molecule has 7 heterocycles. The predicted molar refractivity (Wildman–Crippen MR) is 136 cm³/mol. The smallest absolute Gasteiger partial charge is 0.261 e. The minimum Gasteiger partial charge on any atom is -0.356 e. The molecule has 3 radical (unpaired) electrons. The highest BCUT2D eigenvalue weighted by Crippen LogP contribution is 2.26. The average Bonchev–Trinajstić information content (AvgIpc) is 3.66. The SMILES string of the molecule is Clc1ncnc2[nH]ncc12.Clc1ncnc2c1cnn2C1CCCCO1.O=c1[nH]cnc2[nH]ncc12.[B]. The number of hydrogen-bond donors (Lipinski definition) is 3. The summed E-state index contributed by atoms with van der Waals surface area (Å²) in [5, 5.41) is 19.8. The van der Waals surface area contributed by atoms with Gasteiger partial charge in [0.2, 0.25) is 0 Å². The van der Waals surface area contributed by atoms with Crippen LogP contribution in [0, 0.1) is 0 Å². The minimum absolute atomic E-state index is 0. The fourth-order valence-corrected chi connectivity index (χ4v) is 3.83. The summed E-state index contributed by atoms with van der Waals surface area (Å²) in [5.41, 5.74) is 1.76. The maximum absolute atomic E-state index is 10.9. The second kappa shape index (κ2) is 11.9. The average molecular weight is 540 g/mol. The zero-order valence-electron chi connectivity index (χ0n) is 19.0. The van der Waals surface area contributed by atoms with Crippen LogP contribution >= 0.6 is 23.2 Å². The highest BCUT2D eigenvalue weighted by atomic mass is 35.5. The van der Waals surface area contributed by atoms with Crippen molar-refractivity contribution in [3.63, 3.8) is 0 Å². The molecule has 187 valence electrons. The molecule has 0 spiro atoms. The maximum atomic E-state index is 10.9. The Labute approximate surface area is 219 Å². The molecule has 14 nitrogen and oxygen atoms in total. The van der Waals surface area contributed by atoms with E-state index >= 15 is 0 Å². The van der Waals surface area contributed by atoms with E-state index in [9.17, 15) is 4.79 Å². The summed E-state index contributed by atoms with van der Waals surface area (Å²) in [6.45, 7) is 0.783. The van der Waals surface area contributed by atoms with Gasteiger partial charge in [0.05, 0.1) is 35.7 Å². The third-order valence-corrected chi connectivity index (χ3v) is 5.83. The summed E-state index contributed by atoms with van der Waals surface area (Å²) < 4.78 is 7.46. The standard InChI is InChI=1S/C10H11ClN4O.C5H3ClN4.C5H4N4O.B/c11-9-7-5-14-15(10(7)13-6-12-9)8-3-1-2-4-16-8;6-4-3-1-9-10-5(3)8-2-7-4;10-5-3-1-8-9-4(3)6-2-7-5;/h5-6,8H,1-4H2;1-2H,(H,7,8,9,10);1-2H,(H2,6,7,8,9,10);. The van der Waals surface area contributed by atoms with Crippen LogP contribution in [-0.2, 0) is 4.74 Å². The predicted octanol–water partition coefficient (Wildman–Crippen LogP) is 2.45. The molecule has 17 heteroatoms. The molecule has 0 amide bonds. The first-order valence-corrected chi connectivity index (χ1v) is 11.5. The van der Waals surface area contributed by atoms with Crippen LogP contribution in [0.15, 0.2) is 42.4 Å². The summed E-state index contributed by atoms with van der Waals surface area (Å²) in [7, 11) is 0. The number of H-pyrrole nitrogens is 3. The zero-order chi connectivity index (χ0) is 24.9. The van der Waals surface area contributed by atoms with Crippen LogP contribution in [0.5, 0.6) is 0 Å². The van der Waals surface area contributed by atoms with Gasteiger partial charge >= 0.3 is 0 Å². The van der Waals surface area contributed by atoms with Crippen molar-refractivity contribution in [1.82, 2.24) is 60.1 Å². The second-order valence-corrected chi connectivity index (χ2v) is 8.19. The summed E-state index contributed by atoms with van der Waals surface area (Å²) in [4.78, 5) is 32.9. The van der Waals surface area contributed by atoms with Gasteiger partial charge in [0.15, 0.2) is 23.2 Å². The minimum atomic E-state index is -0.168. The van der Waals surface area contributed by atoms with Gasteiger partial charge in [-0.2, -0.15) is 15.3 Å². The van der Waals surface area contributed by atoms with Gasteiger partial charge in [0.1, 0.15) is 28.3 Å². The molecule has 0 aromatic carbocycles. The van der Waals surface area contributed by atoms with E-state index in [0.717, 1.165) is 42.3 Å². The van der Waals surface area contributed by atoms with Crippen LogP contribution in [0.1, 0.15) is 25.5 Å². The Morgan fingerprint density at radius 2 is 1.57 bits per heavy atom. The van der Waals surface area contributed by atoms with Gasteiger partial charge < -0.3 is 9.72 Å². The molecule has 6 aromatic heterocycles. The zero-order valence-corrected chi connectivity index (χ0v) is 20.6. The van der Waals surface area contributed by atoms with Crippen LogP contribution in [0.2, 0.25) is 10.3 Å². The molecule has 0 aliphatic carbocycles. The first-order chi connectivity index (χ1) is 17.6. The molecule has 0 saturated carbocycles. The van der Waals surface area contributed by atoms with Crippen LogP contribution < -0.4 is 5.56 Å². The molecule has 1 atom stereocenters. The fraction of sp³-hybridized carbons (Fsp3) is 0.250. The lowest BCUT2D eigenvalue weighted by molar-refractivity contribution is -0.0370. The van der Waals surface area contributed by atoms with Gasteiger partial charge in [0, 0.05) is 15.0 Å². The summed E-state index contributed by atoms with van der Waals surface area (Å²) in [6.07, 6.45) is 12.1. The van der Waals surface area contributed by atoms with Crippen LogP contribution in [0.4, 0.5) is 0 Å². The molecule has 1 aliphatic heterocycles. The van der Waals surface area contributed by atoms with Crippen molar-refractivity contribution in [2.45, 2.75) is 25.5 Å². The summed E-state index contributed by atoms with van der Waals surface area (Å²) in [5.74, 6) is 0. The van der Waals surface area contributed by atoms with E-state index in [-0.39, 0.29) is 20.2 Å². The van der Waals surface area contributed by atoms with Crippen LogP contribution in [0.25, 0.3) is 33.1 Å². The lowest BCUT2D eigenvalue weighted by Crippen LogP contribution is -2.19. The van der Waals surface area contributed by atoms with E-state index < -0.39 is 0 Å². The van der Waals surface area contributed by atoms with Gasteiger partial charge in [-0.15, -0.1) is 0 Å². The van der Waals surface area contributed by atoms with Crippen LogP contribution in [0.3, 0.4) is 0 Å². The number of rotatable bonds is 1. The number of halogens is 2. The van der Waals surface area contributed by atoms with Crippen molar-refractivity contribution in [2.24, 2.45) is 0 Å². The van der Waals surface area contributed by atoms with Gasteiger partial charge in [-0.05, 0) is 19.3 Å². The first-order valence-electron chi connectivity index (χ1n) is 10.7. The maximum Gasteiger partial charge on any atom is 0.261 e. The highest BCUT2D eigenvalue weighted by Gasteiger charge is 2.20. The molecular weight excluding hydrogens is 522 g/mol. The Balaban J connectivity index is 0.000000134. The molecule has 1 unspecified atom stereocenters. The van der Waals surface area contributed by atoms with Crippen molar-refractivity contribution in [3.05, 3.63) is 58.2 Å². The number of fused-ring (bicyclic) bond motifs is 3. The molecule has 0 bridgehead atoms. The first kappa shape index (κ1) is 26.1. The van der Waals surface area contributed by atoms with Gasteiger partial charge in [-0.25, -0.2) is 29.6 Å². The Hall–Kier alpha value is -3.95. The van der Waals surface area contributed by atoms with Crippen molar-refractivity contribution in [1.29, 1.82) is 0 Å². The normalized spacial score (nSPS) is 14.9. The van der Waals surface area contributed by atoms with Crippen molar-refractivity contribution in [2.75, 3.05) is 6.61 Å². The molecule has 1 fully saturated rings. The largest absolute Gasteiger partial charge is 0.356 e. The lowest BCUT2D eigenvalue weighted by Gasteiger charge is -2.22. The third kappa shape index (κ3) is 5.74. The fourth-order valence-electron chi connectivity index (χ4n) is 3.47. The third-order valence-electron chi connectivity index (χ3n) is 5.22. The number of ether oxygens (including phenoxy) is 1. The van der Waals surface area contributed by atoms with Gasteiger partial charge in [0.25, 0.3) is 5.56 Å². The molecule has 7 rings (SSSR count). The lowest BCUT2D eigenvalue weighted by atomic mass is 10.2. The van der Waals surface area contributed by atoms with E-state index in [2.05, 4.69) is 55.4 Å². The van der Waals surface area contributed by atoms with Crippen molar-refractivity contribution in [3.8, 4) is 0 Å². The Morgan fingerprint density at radius 3 is 2.27 bits per heavy atom. The Morgan fingerprint density at radius 1 is 0.865 bits per heavy atom. The highest BCUT2D eigenvalue weighted by molar-refractivity contribution is 6.34.